The zero-order chi connectivity index (χ0) is 18.5. The fraction of sp³-hybridized carbons (Fsp3) is 0.348. The van der Waals surface area contributed by atoms with E-state index in [0.717, 1.165) is 37.9 Å². The van der Waals surface area contributed by atoms with Gasteiger partial charge in [0.25, 0.3) is 0 Å². The molecule has 27 heavy (non-hydrogen) atoms. The lowest BCUT2D eigenvalue weighted by molar-refractivity contribution is -0.134. The summed E-state index contributed by atoms with van der Waals surface area (Å²) in [6.07, 6.45) is 3.69. The molecule has 1 aromatic heterocycles. The van der Waals surface area contributed by atoms with Crippen molar-refractivity contribution in [2.75, 3.05) is 6.54 Å². The van der Waals surface area contributed by atoms with Gasteiger partial charge >= 0.3 is 0 Å². The minimum Gasteiger partial charge on any atom is -0.341 e. The maximum Gasteiger partial charge on any atom is 0.227 e. The van der Waals surface area contributed by atoms with E-state index in [2.05, 4.69) is 34.6 Å². The van der Waals surface area contributed by atoms with E-state index >= 15 is 0 Å². The molecule has 0 bridgehead atoms. The number of aryl methyl sites for hydroxylation is 2. The number of amides is 1. The first-order chi connectivity index (χ1) is 13.1. The van der Waals surface area contributed by atoms with Crippen molar-refractivity contribution in [3.05, 3.63) is 69.9 Å². The molecular formula is C23H23ClN2O. The molecule has 1 amide bonds. The molecule has 1 atom stereocenters. The van der Waals surface area contributed by atoms with Gasteiger partial charge in [0.1, 0.15) is 0 Å². The first-order valence-corrected chi connectivity index (χ1v) is 10.2. The van der Waals surface area contributed by atoms with Crippen LogP contribution in [0.3, 0.4) is 0 Å². The van der Waals surface area contributed by atoms with Crippen LogP contribution in [0.5, 0.6) is 0 Å². The highest BCUT2D eigenvalue weighted by molar-refractivity contribution is 6.31. The number of benzene rings is 2. The molecule has 4 heteroatoms. The summed E-state index contributed by atoms with van der Waals surface area (Å²) in [4.78, 5) is 15.3. The number of hydrogen-bond donors (Lipinski definition) is 0. The Bertz CT molecular complexity index is 1050. The quantitative estimate of drug-likeness (QED) is 0.611. The highest BCUT2D eigenvalue weighted by Crippen LogP contribution is 2.43. The van der Waals surface area contributed by atoms with Gasteiger partial charge in [0.2, 0.25) is 5.91 Å². The van der Waals surface area contributed by atoms with Gasteiger partial charge in [-0.15, -0.1) is 0 Å². The smallest absolute Gasteiger partial charge is 0.227 e. The van der Waals surface area contributed by atoms with Gasteiger partial charge in [0, 0.05) is 34.7 Å². The Morgan fingerprint density at radius 3 is 2.89 bits per heavy atom. The van der Waals surface area contributed by atoms with Crippen LogP contribution in [-0.4, -0.2) is 21.9 Å². The SMILES string of the molecule is Cc1ccc2c(c1)c1c3n2CCN(C(=O)Cc2ccccc2Cl)[C@H]3CCC1. The summed E-state index contributed by atoms with van der Waals surface area (Å²) in [5.74, 6) is 0.189. The van der Waals surface area contributed by atoms with Crippen LogP contribution in [0.2, 0.25) is 5.02 Å². The van der Waals surface area contributed by atoms with Crippen molar-refractivity contribution in [3.63, 3.8) is 0 Å². The average Bonchev–Trinajstić information content (AvgIpc) is 2.99. The second kappa shape index (κ2) is 6.42. The van der Waals surface area contributed by atoms with Gasteiger partial charge in [-0.2, -0.15) is 0 Å². The number of aromatic nitrogens is 1. The molecule has 0 radical (unpaired) electrons. The topological polar surface area (TPSA) is 25.2 Å². The van der Waals surface area contributed by atoms with Crippen LogP contribution in [0.1, 0.15) is 41.3 Å². The number of fused-ring (bicyclic) bond motifs is 3. The molecule has 1 aliphatic heterocycles. The number of rotatable bonds is 2. The van der Waals surface area contributed by atoms with E-state index in [9.17, 15) is 4.79 Å². The molecule has 2 heterocycles. The molecule has 0 saturated carbocycles. The summed E-state index contributed by atoms with van der Waals surface area (Å²) in [6, 6.07) is 14.6. The maximum atomic E-state index is 13.2. The molecule has 0 fully saturated rings. The molecule has 3 nitrogen and oxygen atoms in total. The third-order valence-electron chi connectivity index (χ3n) is 6.15. The first kappa shape index (κ1) is 16.9. The number of hydrogen-bond acceptors (Lipinski definition) is 1. The van der Waals surface area contributed by atoms with Gasteiger partial charge < -0.3 is 9.47 Å². The molecular weight excluding hydrogens is 356 g/mol. The highest BCUT2D eigenvalue weighted by atomic mass is 35.5. The van der Waals surface area contributed by atoms with Crippen LogP contribution in [0, 0.1) is 6.92 Å². The number of halogens is 1. The molecule has 0 spiro atoms. The van der Waals surface area contributed by atoms with Crippen molar-refractivity contribution in [3.8, 4) is 0 Å². The summed E-state index contributed by atoms with van der Waals surface area (Å²) in [5, 5.41) is 2.06. The van der Waals surface area contributed by atoms with Crippen molar-refractivity contribution in [2.24, 2.45) is 0 Å². The molecule has 3 aromatic rings. The molecule has 0 unspecified atom stereocenters. The molecule has 0 N–H and O–H groups in total. The van der Waals surface area contributed by atoms with Crippen molar-refractivity contribution in [1.82, 2.24) is 9.47 Å². The standard InChI is InChI=1S/C23H23ClN2O/c1-15-9-10-20-18(13-15)17-6-4-8-21-23(17)26(20)12-11-25(21)22(27)14-16-5-2-3-7-19(16)24/h2-3,5,7,9-10,13,21H,4,6,8,11-12,14H2,1H3/t21-/m0/s1. The Morgan fingerprint density at radius 2 is 2.04 bits per heavy atom. The van der Waals surface area contributed by atoms with Crippen LogP contribution in [0.4, 0.5) is 0 Å². The van der Waals surface area contributed by atoms with E-state index in [0.29, 0.717) is 11.4 Å². The maximum absolute atomic E-state index is 13.2. The number of nitrogens with zero attached hydrogens (tertiary/aromatic N) is 2. The van der Waals surface area contributed by atoms with E-state index in [1.165, 1.54) is 27.7 Å². The van der Waals surface area contributed by atoms with Crippen LogP contribution < -0.4 is 0 Å². The molecule has 2 aromatic carbocycles. The van der Waals surface area contributed by atoms with E-state index in [1.807, 2.05) is 24.3 Å². The molecule has 138 valence electrons. The third kappa shape index (κ3) is 2.68. The molecule has 5 rings (SSSR count). The van der Waals surface area contributed by atoms with Gasteiger partial charge in [-0.05, 0) is 55.5 Å². The van der Waals surface area contributed by atoms with E-state index in [-0.39, 0.29) is 11.9 Å². The predicted octanol–water partition coefficient (Wildman–Crippen LogP) is 5.07. The Hall–Kier alpha value is -2.26. The molecule has 2 aliphatic rings. The van der Waals surface area contributed by atoms with Crippen molar-refractivity contribution in [2.45, 2.75) is 45.2 Å². The second-order valence-electron chi connectivity index (χ2n) is 7.80. The zero-order valence-electron chi connectivity index (χ0n) is 15.5. The van der Waals surface area contributed by atoms with E-state index in [1.54, 1.807) is 0 Å². The number of carbonyl (C=O) groups is 1. The Morgan fingerprint density at radius 1 is 1.19 bits per heavy atom. The van der Waals surface area contributed by atoms with Crippen LogP contribution >= 0.6 is 11.6 Å². The van der Waals surface area contributed by atoms with Crippen molar-refractivity contribution < 1.29 is 4.79 Å². The second-order valence-corrected chi connectivity index (χ2v) is 8.21. The molecule has 1 aliphatic carbocycles. The van der Waals surface area contributed by atoms with Crippen LogP contribution in [-0.2, 0) is 24.2 Å². The summed E-state index contributed by atoms with van der Waals surface area (Å²) < 4.78 is 2.47. The van der Waals surface area contributed by atoms with Crippen LogP contribution in [0.25, 0.3) is 10.9 Å². The zero-order valence-corrected chi connectivity index (χ0v) is 16.3. The van der Waals surface area contributed by atoms with Crippen molar-refractivity contribution in [1.29, 1.82) is 0 Å². The fourth-order valence-corrected chi connectivity index (χ4v) is 5.13. The minimum absolute atomic E-state index is 0.189. The minimum atomic E-state index is 0.189. The lowest BCUT2D eigenvalue weighted by atomic mass is 9.89. The Balaban J connectivity index is 1.53. The van der Waals surface area contributed by atoms with Gasteiger partial charge in [-0.25, -0.2) is 0 Å². The van der Waals surface area contributed by atoms with E-state index in [4.69, 9.17) is 11.6 Å². The van der Waals surface area contributed by atoms with Gasteiger partial charge in [0.05, 0.1) is 12.5 Å². The first-order valence-electron chi connectivity index (χ1n) is 9.78. The van der Waals surface area contributed by atoms with Crippen LogP contribution in [0.15, 0.2) is 42.5 Å². The monoisotopic (exact) mass is 378 g/mol. The van der Waals surface area contributed by atoms with Crippen molar-refractivity contribution >= 4 is 28.4 Å². The Kier molecular flexibility index (Phi) is 4.01. The average molecular weight is 379 g/mol. The van der Waals surface area contributed by atoms with Gasteiger partial charge in [-0.3, -0.25) is 4.79 Å². The van der Waals surface area contributed by atoms with E-state index < -0.39 is 0 Å². The normalized spacial score (nSPS) is 18.6. The molecule has 0 saturated heterocycles. The largest absolute Gasteiger partial charge is 0.341 e. The summed E-state index contributed by atoms with van der Waals surface area (Å²) in [7, 11) is 0. The third-order valence-corrected chi connectivity index (χ3v) is 6.52. The predicted molar refractivity (Wildman–Crippen MR) is 109 cm³/mol. The number of carbonyl (C=O) groups excluding carboxylic acids is 1. The summed E-state index contributed by atoms with van der Waals surface area (Å²) in [6.45, 7) is 3.81. The summed E-state index contributed by atoms with van der Waals surface area (Å²) in [5.41, 5.74) is 6.38. The fourth-order valence-electron chi connectivity index (χ4n) is 4.92. The summed E-state index contributed by atoms with van der Waals surface area (Å²) >= 11 is 6.29. The lowest BCUT2D eigenvalue weighted by Gasteiger charge is -2.40. The van der Waals surface area contributed by atoms with Gasteiger partial charge in [-0.1, -0.05) is 41.4 Å². The van der Waals surface area contributed by atoms with Gasteiger partial charge in [0.15, 0.2) is 0 Å². The Labute approximate surface area is 164 Å². The lowest BCUT2D eigenvalue weighted by Crippen LogP contribution is -2.44. The highest BCUT2D eigenvalue weighted by Gasteiger charge is 2.36.